The summed E-state index contributed by atoms with van der Waals surface area (Å²) in [7, 11) is 0. The molecule has 2 heterocycles. The highest BCUT2D eigenvalue weighted by molar-refractivity contribution is 5.93. The zero-order valence-electron chi connectivity index (χ0n) is 10.6. The van der Waals surface area contributed by atoms with Crippen molar-refractivity contribution < 1.29 is 19.1 Å². The Morgan fingerprint density at radius 1 is 1.53 bits per heavy atom. The Hall–Kier alpha value is -1.98. The van der Waals surface area contributed by atoms with Crippen molar-refractivity contribution in [1.82, 2.24) is 9.88 Å². The van der Waals surface area contributed by atoms with Crippen LogP contribution in [0.4, 0.5) is 4.39 Å². The van der Waals surface area contributed by atoms with E-state index in [1.807, 2.05) is 0 Å². The molecule has 2 rings (SSSR count). The van der Waals surface area contributed by atoms with Crippen LogP contribution in [-0.2, 0) is 4.79 Å². The summed E-state index contributed by atoms with van der Waals surface area (Å²) in [4.78, 5) is 28.6. The summed E-state index contributed by atoms with van der Waals surface area (Å²) in [6.07, 6.45) is 1.89. The monoisotopic (exact) mass is 266 g/mol. The minimum Gasteiger partial charge on any atom is -0.481 e. The molecule has 1 fully saturated rings. The smallest absolute Gasteiger partial charge is 0.311 e. The van der Waals surface area contributed by atoms with Crippen LogP contribution in [0.15, 0.2) is 18.3 Å². The fraction of sp³-hybridized carbons (Fsp3) is 0.462. The van der Waals surface area contributed by atoms with E-state index in [0.29, 0.717) is 19.4 Å². The van der Waals surface area contributed by atoms with Gasteiger partial charge in [0.15, 0.2) is 0 Å². The number of amides is 1. The van der Waals surface area contributed by atoms with Crippen LogP contribution in [0.25, 0.3) is 0 Å². The fourth-order valence-electron chi connectivity index (χ4n) is 2.32. The van der Waals surface area contributed by atoms with Crippen molar-refractivity contribution in [3.05, 3.63) is 29.8 Å². The molecular formula is C13H15FN2O3. The number of rotatable bonds is 3. The zero-order chi connectivity index (χ0) is 14.0. The maximum atomic E-state index is 12.7. The number of aromatic nitrogens is 1. The van der Waals surface area contributed by atoms with Crippen molar-refractivity contribution in [3.63, 3.8) is 0 Å². The van der Waals surface area contributed by atoms with Gasteiger partial charge in [-0.05, 0) is 25.0 Å². The van der Waals surface area contributed by atoms with E-state index >= 15 is 0 Å². The number of carbonyl (C=O) groups is 2. The summed E-state index contributed by atoms with van der Waals surface area (Å²) in [5.41, 5.74) is -0.728. The third-order valence-corrected chi connectivity index (χ3v) is 3.72. The van der Waals surface area contributed by atoms with Crippen molar-refractivity contribution in [3.8, 4) is 0 Å². The van der Waals surface area contributed by atoms with Crippen LogP contribution in [0, 0.1) is 11.2 Å². The number of hydrogen-bond donors (Lipinski definition) is 1. The van der Waals surface area contributed by atoms with Gasteiger partial charge in [-0.2, -0.15) is 0 Å². The van der Waals surface area contributed by atoms with E-state index in [0.717, 1.165) is 6.20 Å². The Morgan fingerprint density at radius 2 is 2.26 bits per heavy atom. The topological polar surface area (TPSA) is 70.5 Å². The number of carboxylic acid groups (broad SMARTS) is 1. The van der Waals surface area contributed by atoms with Gasteiger partial charge in [0.25, 0.3) is 5.91 Å². The van der Waals surface area contributed by atoms with Crippen molar-refractivity contribution in [2.45, 2.75) is 19.8 Å². The lowest BCUT2D eigenvalue weighted by Crippen LogP contribution is -2.36. The standard InChI is InChI=1S/C13H15FN2O3/c1-2-13(12(18)19)5-6-16(8-13)11(17)10-4-3-9(14)7-15-10/h3-4,7H,2,5-6,8H2,1H3,(H,18,19). The van der Waals surface area contributed by atoms with Crippen LogP contribution in [0.5, 0.6) is 0 Å². The molecule has 0 saturated carbocycles. The van der Waals surface area contributed by atoms with E-state index in [9.17, 15) is 19.1 Å². The van der Waals surface area contributed by atoms with Gasteiger partial charge in [-0.25, -0.2) is 9.37 Å². The molecule has 6 heteroatoms. The van der Waals surface area contributed by atoms with Gasteiger partial charge in [0.05, 0.1) is 11.6 Å². The first kappa shape index (κ1) is 13.5. The molecule has 102 valence electrons. The summed E-state index contributed by atoms with van der Waals surface area (Å²) in [5, 5.41) is 9.27. The summed E-state index contributed by atoms with van der Waals surface area (Å²) >= 11 is 0. The molecule has 5 nitrogen and oxygen atoms in total. The molecule has 1 amide bonds. The van der Waals surface area contributed by atoms with Gasteiger partial charge in [-0.15, -0.1) is 0 Å². The summed E-state index contributed by atoms with van der Waals surface area (Å²) in [6, 6.07) is 2.48. The minimum atomic E-state index is -0.877. The number of carboxylic acids is 1. The fourth-order valence-corrected chi connectivity index (χ4v) is 2.32. The Morgan fingerprint density at radius 3 is 2.74 bits per heavy atom. The maximum absolute atomic E-state index is 12.7. The van der Waals surface area contributed by atoms with Crippen LogP contribution in [-0.4, -0.2) is 40.0 Å². The maximum Gasteiger partial charge on any atom is 0.311 e. The van der Waals surface area contributed by atoms with Crippen LogP contribution < -0.4 is 0 Å². The number of likely N-dealkylation sites (tertiary alicyclic amines) is 1. The Kier molecular flexibility index (Phi) is 3.50. The molecule has 0 bridgehead atoms. The van der Waals surface area contributed by atoms with E-state index in [1.165, 1.54) is 17.0 Å². The second-order valence-corrected chi connectivity index (χ2v) is 4.78. The number of halogens is 1. The first-order chi connectivity index (χ1) is 8.98. The van der Waals surface area contributed by atoms with Crippen LogP contribution >= 0.6 is 0 Å². The highest BCUT2D eigenvalue weighted by atomic mass is 19.1. The zero-order valence-corrected chi connectivity index (χ0v) is 10.6. The molecule has 1 aliphatic heterocycles. The first-order valence-electron chi connectivity index (χ1n) is 6.13. The Labute approximate surface area is 110 Å². The van der Waals surface area contributed by atoms with Gasteiger partial charge in [0.1, 0.15) is 11.5 Å². The lowest BCUT2D eigenvalue weighted by molar-refractivity contribution is -0.148. The second kappa shape index (κ2) is 4.95. The van der Waals surface area contributed by atoms with E-state index in [1.54, 1.807) is 6.92 Å². The summed E-state index contributed by atoms with van der Waals surface area (Å²) in [6.45, 7) is 2.37. The highest BCUT2D eigenvalue weighted by Gasteiger charge is 2.45. The van der Waals surface area contributed by atoms with Crippen molar-refractivity contribution in [2.24, 2.45) is 5.41 Å². The molecule has 1 aliphatic rings. The van der Waals surface area contributed by atoms with Crippen LogP contribution in [0.2, 0.25) is 0 Å². The predicted molar refractivity (Wildman–Crippen MR) is 65.1 cm³/mol. The van der Waals surface area contributed by atoms with Gasteiger partial charge in [0.2, 0.25) is 0 Å². The van der Waals surface area contributed by atoms with E-state index in [2.05, 4.69) is 4.98 Å². The molecule has 0 spiro atoms. The average molecular weight is 266 g/mol. The van der Waals surface area contributed by atoms with Gasteiger partial charge >= 0.3 is 5.97 Å². The third-order valence-electron chi connectivity index (χ3n) is 3.72. The normalized spacial score (nSPS) is 22.5. The molecule has 19 heavy (non-hydrogen) atoms. The molecule has 1 aromatic heterocycles. The quantitative estimate of drug-likeness (QED) is 0.901. The number of carbonyl (C=O) groups excluding carboxylic acids is 1. The van der Waals surface area contributed by atoms with Crippen molar-refractivity contribution in [2.75, 3.05) is 13.1 Å². The first-order valence-corrected chi connectivity index (χ1v) is 6.13. The van der Waals surface area contributed by atoms with Gasteiger partial charge < -0.3 is 10.0 Å². The molecular weight excluding hydrogens is 251 g/mol. The van der Waals surface area contributed by atoms with Gasteiger partial charge in [-0.3, -0.25) is 9.59 Å². The number of nitrogens with zero attached hydrogens (tertiary/aromatic N) is 2. The second-order valence-electron chi connectivity index (χ2n) is 4.78. The molecule has 1 atom stereocenters. The lowest BCUT2D eigenvalue weighted by atomic mass is 9.84. The number of hydrogen-bond acceptors (Lipinski definition) is 3. The number of pyridine rings is 1. The molecule has 0 aromatic carbocycles. The molecule has 1 N–H and O–H groups in total. The highest BCUT2D eigenvalue weighted by Crippen LogP contribution is 2.34. The van der Waals surface area contributed by atoms with Gasteiger partial charge in [0, 0.05) is 13.1 Å². The van der Waals surface area contributed by atoms with Crippen LogP contribution in [0.3, 0.4) is 0 Å². The summed E-state index contributed by atoms with van der Waals surface area (Å²) in [5.74, 6) is -1.74. The van der Waals surface area contributed by atoms with Crippen LogP contribution in [0.1, 0.15) is 30.3 Å². The van der Waals surface area contributed by atoms with E-state index < -0.39 is 17.2 Å². The van der Waals surface area contributed by atoms with Crippen molar-refractivity contribution in [1.29, 1.82) is 0 Å². The largest absolute Gasteiger partial charge is 0.481 e. The lowest BCUT2D eigenvalue weighted by Gasteiger charge is -2.22. The SMILES string of the molecule is CCC1(C(=O)O)CCN(C(=O)c2ccc(F)cn2)C1. The summed E-state index contributed by atoms with van der Waals surface area (Å²) < 4.78 is 12.7. The molecule has 1 aromatic rings. The number of aliphatic carboxylic acids is 1. The Bertz CT molecular complexity index is 503. The molecule has 0 radical (unpaired) electrons. The van der Waals surface area contributed by atoms with E-state index in [4.69, 9.17) is 0 Å². The minimum absolute atomic E-state index is 0.138. The Balaban J connectivity index is 2.14. The van der Waals surface area contributed by atoms with Crippen molar-refractivity contribution >= 4 is 11.9 Å². The third kappa shape index (κ3) is 2.43. The predicted octanol–water partition coefficient (Wildman–Crippen LogP) is 1.55. The average Bonchev–Trinajstić information content (AvgIpc) is 2.84. The van der Waals surface area contributed by atoms with Gasteiger partial charge in [-0.1, -0.05) is 6.92 Å². The molecule has 1 unspecified atom stereocenters. The molecule has 0 aliphatic carbocycles. The van der Waals surface area contributed by atoms with E-state index in [-0.39, 0.29) is 18.1 Å². The molecule has 1 saturated heterocycles.